The van der Waals surface area contributed by atoms with Gasteiger partial charge in [-0.3, -0.25) is 14.4 Å². The monoisotopic (exact) mass is 321 g/mol. The van der Waals surface area contributed by atoms with E-state index >= 15 is 0 Å². The van der Waals surface area contributed by atoms with Crippen LogP contribution in [0.1, 0.15) is 38.5 Å². The lowest BCUT2D eigenvalue weighted by Crippen LogP contribution is -2.46. The van der Waals surface area contributed by atoms with Crippen molar-refractivity contribution in [1.29, 1.82) is 0 Å². The maximum absolute atomic E-state index is 12.1. The fraction of sp³-hybridized carbons (Fsp3) is 0.812. The molecule has 1 N–H and O–H groups in total. The summed E-state index contributed by atoms with van der Waals surface area (Å²) in [5.41, 5.74) is 0. The van der Waals surface area contributed by atoms with Crippen molar-refractivity contribution in [3.05, 3.63) is 12.7 Å². The van der Waals surface area contributed by atoms with Crippen molar-refractivity contribution in [1.82, 2.24) is 25.0 Å². The second-order valence-electron chi connectivity index (χ2n) is 6.56. The molecule has 1 aromatic rings. The first-order chi connectivity index (χ1) is 11.3. The Morgan fingerprint density at radius 1 is 1.30 bits per heavy atom. The molecule has 128 valence electrons. The van der Waals surface area contributed by atoms with Gasteiger partial charge >= 0.3 is 0 Å². The summed E-state index contributed by atoms with van der Waals surface area (Å²) in [4.78, 5) is 18.4. The average molecular weight is 321 g/mol. The van der Waals surface area contributed by atoms with Crippen LogP contribution in [0.5, 0.6) is 0 Å². The number of amides is 1. The summed E-state index contributed by atoms with van der Waals surface area (Å²) in [6.07, 6.45) is 10.0. The molecule has 1 aliphatic heterocycles. The Kier molecular flexibility index (Phi) is 5.99. The molecule has 1 aliphatic carbocycles. The SMILES string of the molecule is O=C(CCN1CCO[C@@H](Cn2cncn2)C1)NC1CCCCC1. The number of hydrogen-bond acceptors (Lipinski definition) is 5. The summed E-state index contributed by atoms with van der Waals surface area (Å²) < 4.78 is 7.57. The first-order valence-corrected chi connectivity index (χ1v) is 8.75. The maximum atomic E-state index is 12.1. The topological polar surface area (TPSA) is 72.3 Å². The van der Waals surface area contributed by atoms with Gasteiger partial charge in [-0.05, 0) is 12.8 Å². The Balaban J connectivity index is 1.36. The lowest BCUT2D eigenvalue weighted by Gasteiger charge is -2.32. The standard InChI is InChI=1S/C16H27N5O2/c22-16(19-14-4-2-1-3-5-14)6-7-20-8-9-23-15(10-20)11-21-13-17-12-18-21/h12-15H,1-11H2,(H,19,22)/t15-/m1/s1. The quantitative estimate of drug-likeness (QED) is 0.840. The Hall–Kier alpha value is -1.47. The van der Waals surface area contributed by atoms with Crippen molar-refractivity contribution in [2.24, 2.45) is 0 Å². The van der Waals surface area contributed by atoms with E-state index in [0.29, 0.717) is 25.6 Å². The van der Waals surface area contributed by atoms with Gasteiger partial charge in [-0.25, -0.2) is 4.98 Å². The largest absolute Gasteiger partial charge is 0.374 e. The number of nitrogens with zero attached hydrogens (tertiary/aromatic N) is 4. The van der Waals surface area contributed by atoms with E-state index < -0.39 is 0 Å². The minimum atomic E-state index is 0.117. The molecule has 0 spiro atoms. The predicted molar refractivity (Wildman–Crippen MR) is 85.8 cm³/mol. The molecule has 0 unspecified atom stereocenters. The molecule has 2 aliphatic rings. The van der Waals surface area contributed by atoms with Gasteiger partial charge in [0.2, 0.25) is 5.91 Å². The van der Waals surface area contributed by atoms with E-state index in [2.05, 4.69) is 20.3 Å². The summed E-state index contributed by atoms with van der Waals surface area (Å²) in [5.74, 6) is 0.191. The second-order valence-corrected chi connectivity index (χ2v) is 6.56. The summed E-state index contributed by atoms with van der Waals surface area (Å²) >= 11 is 0. The van der Waals surface area contributed by atoms with Gasteiger partial charge in [0.05, 0.1) is 19.3 Å². The lowest BCUT2D eigenvalue weighted by molar-refractivity contribution is -0.122. The summed E-state index contributed by atoms with van der Waals surface area (Å²) in [7, 11) is 0. The molecule has 2 heterocycles. The van der Waals surface area contributed by atoms with E-state index in [1.165, 1.54) is 25.6 Å². The second kappa shape index (κ2) is 8.40. The Morgan fingerprint density at radius 3 is 2.96 bits per heavy atom. The van der Waals surface area contributed by atoms with Gasteiger partial charge in [0.15, 0.2) is 0 Å². The minimum absolute atomic E-state index is 0.117. The molecule has 7 heteroatoms. The number of ether oxygens (including phenoxy) is 1. The van der Waals surface area contributed by atoms with E-state index in [0.717, 1.165) is 32.5 Å². The Morgan fingerprint density at radius 2 is 2.17 bits per heavy atom. The van der Waals surface area contributed by atoms with E-state index in [1.807, 2.05) is 0 Å². The highest BCUT2D eigenvalue weighted by Crippen LogP contribution is 2.17. The van der Waals surface area contributed by atoms with Gasteiger partial charge in [0, 0.05) is 32.1 Å². The van der Waals surface area contributed by atoms with E-state index in [1.54, 1.807) is 11.0 Å². The smallest absolute Gasteiger partial charge is 0.221 e. The van der Waals surface area contributed by atoms with Crippen molar-refractivity contribution in [3.63, 3.8) is 0 Å². The molecular formula is C16H27N5O2. The van der Waals surface area contributed by atoms with Crippen LogP contribution in [0.2, 0.25) is 0 Å². The minimum Gasteiger partial charge on any atom is -0.374 e. The molecular weight excluding hydrogens is 294 g/mol. The number of rotatable bonds is 6. The molecule has 0 aromatic carbocycles. The zero-order valence-corrected chi connectivity index (χ0v) is 13.7. The zero-order chi connectivity index (χ0) is 15.9. The third kappa shape index (κ3) is 5.28. The molecule has 0 bridgehead atoms. The maximum Gasteiger partial charge on any atom is 0.221 e. The van der Waals surface area contributed by atoms with Crippen molar-refractivity contribution < 1.29 is 9.53 Å². The number of carbonyl (C=O) groups is 1. The van der Waals surface area contributed by atoms with E-state index in [9.17, 15) is 4.79 Å². The average Bonchev–Trinajstić information content (AvgIpc) is 3.07. The number of morpholine rings is 1. The van der Waals surface area contributed by atoms with Crippen LogP contribution < -0.4 is 5.32 Å². The predicted octanol–water partition coefficient (Wildman–Crippen LogP) is 0.818. The van der Waals surface area contributed by atoms with Gasteiger partial charge in [-0.15, -0.1) is 0 Å². The van der Waals surface area contributed by atoms with Gasteiger partial charge in [-0.1, -0.05) is 19.3 Å². The van der Waals surface area contributed by atoms with E-state index in [4.69, 9.17) is 4.74 Å². The molecule has 2 fully saturated rings. The molecule has 1 amide bonds. The van der Waals surface area contributed by atoms with Gasteiger partial charge in [0.25, 0.3) is 0 Å². The number of hydrogen-bond donors (Lipinski definition) is 1. The van der Waals surface area contributed by atoms with Crippen molar-refractivity contribution >= 4 is 5.91 Å². The third-order valence-electron chi connectivity index (χ3n) is 4.71. The van der Waals surface area contributed by atoms with Crippen LogP contribution in [-0.2, 0) is 16.1 Å². The fourth-order valence-electron chi connectivity index (χ4n) is 3.44. The molecule has 1 saturated carbocycles. The van der Waals surface area contributed by atoms with Crippen LogP contribution in [0.4, 0.5) is 0 Å². The summed E-state index contributed by atoms with van der Waals surface area (Å²) in [5, 5.41) is 7.30. The number of nitrogens with one attached hydrogen (secondary N) is 1. The highest BCUT2D eigenvalue weighted by molar-refractivity contribution is 5.76. The van der Waals surface area contributed by atoms with Gasteiger partial charge in [-0.2, -0.15) is 5.10 Å². The lowest BCUT2D eigenvalue weighted by atomic mass is 9.95. The third-order valence-corrected chi connectivity index (χ3v) is 4.71. The van der Waals surface area contributed by atoms with Crippen molar-refractivity contribution in [3.8, 4) is 0 Å². The normalized spacial score (nSPS) is 23.7. The Bertz CT molecular complexity index is 473. The van der Waals surface area contributed by atoms with Crippen LogP contribution in [0, 0.1) is 0 Å². The Labute approximate surface area is 137 Å². The molecule has 1 aromatic heterocycles. The first-order valence-electron chi connectivity index (χ1n) is 8.75. The van der Waals surface area contributed by atoms with Crippen LogP contribution >= 0.6 is 0 Å². The van der Waals surface area contributed by atoms with Crippen LogP contribution in [0.25, 0.3) is 0 Å². The molecule has 7 nitrogen and oxygen atoms in total. The highest BCUT2D eigenvalue weighted by Gasteiger charge is 2.22. The van der Waals surface area contributed by atoms with Crippen molar-refractivity contribution in [2.75, 3.05) is 26.2 Å². The summed E-state index contributed by atoms with van der Waals surface area (Å²) in [6, 6.07) is 0.404. The molecule has 23 heavy (non-hydrogen) atoms. The van der Waals surface area contributed by atoms with Crippen LogP contribution in [0.15, 0.2) is 12.7 Å². The van der Waals surface area contributed by atoms with Crippen molar-refractivity contribution in [2.45, 2.75) is 57.2 Å². The zero-order valence-electron chi connectivity index (χ0n) is 13.7. The number of aromatic nitrogens is 3. The van der Waals surface area contributed by atoms with E-state index in [-0.39, 0.29) is 12.0 Å². The molecule has 1 saturated heterocycles. The number of carbonyl (C=O) groups excluding carboxylic acids is 1. The highest BCUT2D eigenvalue weighted by atomic mass is 16.5. The molecule has 1 atom stereocenters. The van der Waals surface area contributed by atoms with Gasteiger partial charge < -0.3 is 10.1 Å². The van der Waals surface area contributed by atoms with Crippen LogP contribution in [0.3, 0.4) is 0 Å². The molecule has 3 rings (SSSR count). The van der Waals surface area contributed by atoms with Gasteiger partial charge in [0.1, 0.15) is 12.7 Å². The molecule has 0 radical (unpaired) electrons. The summed E-state index contributed by atoms with van der Waals surface area (Å²) in [6.45, 7) is 3.96. The first kappa shape index (κ1) is 16.4. The van der Waals surface area contributed by atoms with Crippen LogP contribution in [-0.4, -0.2) is 64.0 Å². The fourth-order valence-corrected chi connectivity index (χ4v) is 3.44.